The van der Waals surface area contributed by atoms with Gasteiger partial charge in [-0.15, -0.1) is 0 Å². The third kappa shape index (κ3) is 6.29. The lowest BCUT2D eigenvalue weighted by Gasteiger charge is -2.22. The lowest BCUT2D eigenvalue weighted by molar-refractivity contribution is -0.130. The summed E-state index contributed by atoms with van der Waals surface area (Å²) in [5.41, 5.74) is 1.22. The van der Waals surface area contributed by atoms with Crippen LogP contribution in [0.1, 0.15) is 39.2 Å². The molecule has 4 nitrogen and oxygen atoms in total. The second-order valence-electron chi connectivity index (χ2n) is 5.55. The third-order valence-corrected chi connectivity index (χ3v) is 4.00. The number of carbonyl (C=O) groups is 2. The maximum atomic E-state index is 11.9. The molecule has 1 aromatic rings. The van der Waals surface area contributed by atoms with Crippen molar-refractivity contribution in [3.8, 4) is 0 Å². The predicted molar refractivity (Wildman–Crippen MR) is 89.5 cm³/mol. The monoisotopic (exact) mass is 304 g/mol. The minimum Gasteiger partial charge on any atom is -0.354 e. The van der Waals surface area contributed by atoms with E-state index >= 15 is 0 Å². The smallest absolute Gasteiger partial charge is 0.223 e. The highest BCUT2D eigenvalue weighted by molar-refractivity contribution is 5.78. The van der Waals surface area contributed by atoms with E-state index in [9.17, 15) is 9.59 Å². The van der Waals surface area contributed by atoms with E-state index < -0.39 is 0 Å². The quantitative estimate of drug-likeness (QED) is 0.762. The molecule has 1 N–H and O–H groups in total. The highest BCUT2D eigenvalue weighted by atomic mass is 16.2. The minimum absolute atomic E-state index is 0.0488. The summed E-state index contributed by atoms with van der Waals surface area (Å²) in [5.74, 6) is 0.222. The predicted octanol–water partition coefficient (Wildman–Crippen LogP) is 2.63. The van der Waals surface area contributed by atoms with Crippen molar-refractivity contribution in [2.75, 3.05) is 19.6 Å². The van der Waals surface area contributed by atoms with Crippen LogP contribution in [0, 0.1) is 5.92 Å². The maximum absolute atomic E-state index is 11.9. The molecule has 0 aromatic heterocycles. The van der Waals surface area contributed by atoms with Crippen molar-refractivity contribution in [3.63, 3.8) is 0 Å². The summed E-state index contributed by atoms with van der Waals surface area (Å²) in [6.07, 6.45) is 2.54. The first-order valence-corrected chi connectivity index (χ1v) is 8.15. The Labute approximate surface area is 133 Å². The number of rotatable bonds is 9. The van der Waals surface area contributed by atoms with E-state index in [-0.39, 0.29) is 17.7 Å². The molecule has 0 unspecified atom stereocenters. The van der Waals surface area contributed by atoms with Gasteiger partial charge in [0.1, 0.15) is 0 Å². The van der Waals surface area contributed by atoms with E-state index in [4.69, 9.17) is 0 Å². The average molecular weight is 304 g/mol. The van der Waals surface area contributed by atoms with E-state index in [1.165, 1.54) is 5.56 Å². The van der Waals surface area contributed by atoms with Gasteiger partial charge in [-0.25, -0.2) is 0 Å². The van der Waals surface area contributed by atoms with Gasteiger partial charge in [-0.1, -0.05) is 44.2 Å². The minimum atomic E-state index is 0.0488. The van der Waals surface area contributed by atoms with E-state index in [2.05, 4.69) is 17.4 Å². The summed E-state index contributed by atoms with van der Waals surface area (Å²) < 4.78 is 0. The molecule has 122 valence electrons. The van der Waals surface area contributed by atoms with Crippen LogP contribution >= 0.6 is 0 Å². The molecule has 0 atom stereocenters. The summed E-state index contributed by atoms with van der Waals surface area (Å²) in [6.45, 7) is 7.39. The molecule has 0 radical (unpaired) electrons. The maximum Gasteiger partial charge on any atom is 0.223 e. The first-order valence-electron chi connectivity index (χ1n) is 8.15. The van der Waals surface area contributed by atoms with Gasteiger partial charge < -0.3 is 10.2 Å². The molecular formula is C18H28N2O2. The van der Waals surface area contributed by atoms with Gasteiger partial charge in [-0.2, -0.15) is 0 Å². The summed E-state index contributed by atoms with van der Waals surface area (Å²) in [6, 6.07) is 10.1. The molecule has 0 saturated heterocycles. The highest BCUT2D eigenvalue weighted by Crippen LogP contribution is 2.07. The Bertz CT molecular complexity index is 455. The number of hydrogen-bond acceptors (Lipinski definition) is 2. The van der Waals surface area contributed by atoms with Crippen LogP contribution in [-0.2, 0) is 16.0 Å². The van der Waals surface area contributed by atoms with Crippen LogP contribution in [0.25, 0.3) is 0 Å². The summed E-state index contributed by atoms with van der Waals surface area (Å²) >= 11 is 0. The fraction of sp³-hybridized carbons (Fsp3) is 0.556. The van der Waals surface area contributed by atoms with Crippen LogP contribution in [0.5, 0.6) is 0 Å². The molecule has 4 heteroatoms. The van der Waals surface area contributed by atoms with Crippen molar-refractivity contribution in [1.82, 2.24) is 10.2 Å². The summed E-state index contributed by atoms with van der Waals surface area (Å²) in [7, 11) is 0. The van der Waals surface area contributed by atoms with E-state index in [0.29, 0.717) is 19.6 Å². The number of amides is 2. The summed E-state index contributed by atoms with van der Waals surface area (Å²) in [4.78, 5) is 25.4. The van der Waals surface area contributed by atoms with Crippen LogP contribution in [0.15, 0.2) is 30.3 Å². The first-order chi connectivity index (χ1) is 10.6. The van der Waals surface area contributed by atoms with E-state index in [1.807, 2.05) is 32.0 Å². The molecule has 0 fully saturated rings. The zero-order valence-corrected chi connectivity index (χ0v) is 14.0. The van der Waals surface area contributed by atoms with Gasteiger partial charge in [0, 0.05) is 32.5 Å². The largest absolute Gasteiger partial charge is 0.354 e. The Kier molecular flexibility index (Phi) is 8.26. The molecule has 0 aliphatic heterocycles. The molecule has 0 spiro atoms. The second-order valence-corrected chi connectivity index (χ2v) is 5.55. The van der Waals surface area contributed by atoms with Crippen LogP contribution in [-0.4, -0.2) is 36.3 Å². The van der Waals surface area contributed by atoms with Crippen LogP contribution in [0.3, 0.4) is 0 Å². The van der Waals surface area contributed by atoms with Crippen LogP contribution < -0.4 is 5.32 Å². The fourth-order valence-electron chi connectivity index (χ4n) is 2.45. The molecule has 0 saturated carbocycles. The number of hydrogen-bond donors (Lipinski definition) is 1. The van der Waals surface area contributed by atoms with Crippen molar-refractivity contribution in [2.24, 2.45) is 5.92 Å². The topological polar surface area (TPSA) is 49.4 Å². The molecule has 2 amide bonds. The molecule has 22 heavy (non-hydrogen) atoms. The third-order valence-electron chi connectivity index (χ3n) is 4.00. The highest BCUT2D eigenvalue weighted by Gasteiger charge is 2.14. The molecule has 1 aromatic carbocycles. The van der Waals surface area contributed by atoms with Gasteiger partial charge in [0.15, 0.2) is 0 Å². The molecule has 0 aliphatic rings. The van der Waals surface area contributed by atoms with E-state index in [0.717, 1.165) is 19.3 Å². The van der Waals surface area contributed by atoms with Gasteiger partial charge in [-0.05, 0) is 24.8 Å². The average Bonchev–Trinajstić information content (AvgIpc) is 2.52. The van der Waals surface area contributed by atoms with Crippen molar-refractivity contribution in [1.29, 1.82) is 0 Å². The number of carbonyl (C=O) groups excluding carboxylic acids is 2. The van der Waals surface area contributed by atoms with Gasteiger partial charge in [-0.3, -0.25) is 9.59 Å². The normalized spacial score (nSPS) is 10.5. The van der Waals surface area contributed by atoms with Gasteiger partial charge in [0.05, 0.1) is 0 Å². The van der Waals surface area contributed by atoms with Gasteiger partial charge >= 0.3 is 0 Å². The van der Waals surface area contributed by atoms with E-state index in [1.54, 1.807) is 11.8 Å². The van der Waals surface area contributed by atoms with Gasteiger partial charge in [0.2, 0.25) is 11.8 Å². The number of nitrogens with one attached hydrogen (secondary N) is 1. The Morgan fingerprint density at radius 1 is 1.09 bits per heavy atom. The first kappa shape index (κ1) is 18.2. The molecule has 0 heterocycles. The van der Waals surface area contributed by atoms with Crippen molar-refractivity contribution in [2.45, 2.75) is 40.0 Å². The zero-order valence-electron chi connectivity index (χ0n) is 14.0. The van der Waals surface area contributed by atoms with Crippen molar-refractivity contribution in [3.05, 3.63) is 35.9 Å². The zero-order chi connectivity index (χ0) is 16.4. The van der Waals surface area contributed by atoms with Crippen molar-refractivity contribution < 1.29 is 9.59 Å². The summed E-state index contributed by atoms with van der Waals surface area (Å²) in [5, 5.41) is 2.94. The molecule has 0 bridgehead atoms. The molecule has 0 aliphatic carbocycles. The fourth-order valence-corrected chi connectivity index (χ4v) is 2.45. The SMILES string of the molecule is CCC(CC)C(=O)NCCN(CCc1ccccc1)C(C)=O. The Balaban J connectivity index is 2.38. The van der Waals surface area contributed by atoms with Gasteiger partial charge in [0.25, 0.3) is 0 Å². The second kappa shape index (κ2) is 9.98. The molecular weight excluding hydrogens is 276 g/mol. The Morgan fingerprint density at radius 2 is 1.73 bits per heavy atom. The number of nitrogens with zero attached hydrogens (tertiary/aromatic N) is 1. The lowest BCUT2D eigenvalue weighted by Crippen LogP contribution is -2.40. The van der Waals surface area contributed by atoms with Crippen LogP contribution in [0.2, 0.25) is 0 Å². The van der Waals surface area contributed by atoms with Crippen molar-refractivity contribution >= 4 is 11.8 Å². The number of benzene rings is 1. The standard InChI is InChI=1S/C18H28N2O2/c1-4-17(5-2)18(22)19-12-14-20(15(3)21)13-11-16-9-7-6-8-10-16/h6-10,17H,4-5,11-14H2,1-3H3,(H,19,22). The Morgan fingerprint density at radius 3 is 2.27 bits per heavy atom. The Hall–Kier alpha value is -1.84. The van der Waals surface area contributed by atoms with Crippen LogP contribution in [0.4, 0.5) is 0 Å². The molecule has 1 rings (SSSR count). The lowest BCUT2D eigenvalue weighted by atomic mass is 10.0.